The monoisotopic (exact) mass is 451 g/mol. The minimum Gasteiger partial charge on any atom is -0.493 e. The molecule has 1 aliphatic heterocycles. The summed E-state index contributed by atoms with van der Waals surface area (Å²) in [5.74, 6) is 0.823. The lowest BCUT2D eigenvalue weighted by Gasteiger charge is -2.22. The molecule has 0 aliphatic carbocycles. The predicted octanol–water partition coefficient (Wildman–Crippen LogP) is 3.98. The standard InChI is InChI=1S/C26H33N3O4/c1-3-4-15-33-23-12-10-19(17-24(23)32-2)11-13-25(30)28-21-8-5-7-20(16-21)18-29-14-6-9-22(29)26(27)31/h5,7-8,10-13,16-17,22H,3-4,6,9,14-15,18H2,1-2H3,(H2,27,31)(H,28,30). The van der Waals surface area contributed by atoms with Gasteiger partial charge in [-0.25, -0.2) is 0 Å². The molecule has 0 aromatic heterocycles. The minimum atomic E-state index is -0.278. The van der Waals surface area contributed by atoms with Crippen molar-refractivity contribution in [2.75, 3.05) is 25.6 Å². The highest BCUT2D eigenvalue weighted by atomic mass is 16.5. The number of amides is 2. The normalized spacial score (nSPS) is 16.1. The van der Waals surface area contributed by atoms with Crippen molar-refractivity contribution >= 4 is 23.6 Å². The van der Waals surface area contributed by atoms with Crippen LogP contribution in [-0.4, -0.2) is 43.0 Å². The molecule has 176 valence electrons. The second kappa shape index (κ2) is 12.1. The van der Waals surface area contributed by atoms with Crippen molar-refractivity contribution in [3.63, 3.8) is 0 Å². The molecule has 1 atom stereocenters. The largest absolute Gasteiger partial charge is 0.493 e. The van der Waals surface area contributed by atoms with Crippen LogP contribution in [0.5, 0.6) is 11.5 Å². The number of nitrogens with one attached hydrogen (secondary N) is 1. The molecule has 0 saturated carbocycles. The second-order valence-electron chi connectivity index (χ2n) is 8.17. The topological polar surface area (TPSA) is 93.9 Å². The number of carbonyl (C=O) groups is 2. The van der Waals surface area contributed by atoms with Gasteiger partial charge in [0.15, 0.2) is 11.5 Å². The highest BCUT2D eigenvalue weighted by Crippen LogP contribution is 2.29. The SMILES string of the molecule is CCCCOc1ccc(C=CC(=O)Nc2cccc(CN3CCCC3C(N)=O)c2)cc1OC. The van der Waals surface area contributed by atoms with Crippen LogP contribution in [0, 0.1) is 0 Å². The summed E-state index contributed by atoms with van der Waals surface area (Å²) in [5.41, 5.74) is 8.08. The van der Waals surface area contributed by atoms with Gasteiger partial charge in [-0.2, -0.15) is 0 Å². The minimum absolute atomic E-state index is 0.216. The van der Waals surface area contributed by atoms with Crippen molar-refractivity contribution in [3.05, 3.63) is 59.7 Å². The van der Waals surface area contributed by atoms with Gasteiger partial charge in [0.25, 0.3) is 0 Å². The number of nitrogens with two attached hydrogens (primary N) is 1. The Hall–Kier alpha value is -3.32. The lowest BCUT2D eigenvalue weighted by molar-refractivity contribution is -0.122. The molecule has 3 N–H and O–H groups in total. The number of rotatable bonds is 11. The second-order valence-corrected chi connectivity index (χ2v) is 8.17. The third-order valence-corrected chi connectivity index (χ3v) is 5.64. The molecule has 1 unspecified atom stereocenters. The van der Waals surface area contributed by atoms with Gasteiger partial charge in [0.1, 0.15) is 0 Å². The molecule has 33 heavy (non-hydrogen) atoms. The number of nitrogens with zero attached hydrogens (tertiary/aromatic N) is 1. The lowest BCUT2D eigenvalue weighted by Crippen LogP contribution is -2.39. The van der Waals surface area contributed by atoms with E-state index in [4.69, 9.17) is 15.2 Å². The first-order valence-electron chi connectivity index (χ1n) is 11.4. The molecule has 7 nitrogen and oxygen atoms in total. The predicted molar refractivity (Wildman–Crippen MR) is 130 cm³/mol. The molecular weight excluding hydrogens is 418 g/mol. The number of benzene rings is 2. The highest BCUT2D eigenvalue weighted by Gasteiger charge is 2.28. The summed E-state index contributed by atoms with van der Waals surface area (Å²) in [6, 6.07) is 13.0. The number of primary amides is 1. The van der Waals surface area contributed by atoms with Crippen molar-refractivity contribution in [2.24, 2.45) is 5.73 Å². The summed E-state index contributed by atoms with van der Waals surface area (Å²) < 4.78 is 11.2. The molecule has 0 radical (unpaired) electrons. The Morgan fingerprint density at radius 3 is 2.82 bits per heavy atom. The first-order chi connectivity index (χ1) is 16.0. The maximum absolute atomic E-state index is 12.5. The fourth-order valence-electron chi connectivity index (χ4n) is 3.91. The number of hydrogen-bond acceptors (Lipinski definition) is 5. The van der Waals surface area contributed by atoms with E-state index in [9.17, 15) is 9.59 Å². The smallest absolute Gasteiger partial charge is 0.248 e. The number of hydrogen-bond donors (Lipinski definition) is 2. The molecule has 0 spiro atoms. The van der Waals surface area contributed by atoms with Gasteiger partial charge in [-0.3, -0.25) is 14.5 Å². The van der Waals surface area contributed by atoms with Gasteiger partial charge >= 0.3 is 0 Å². The molecule has 7 heteroatoms. The van der Waals surface area contributed by atoms with Gasteiger partial charge in [0.05, 0.1) is 19.8 Å². The van der Waals surface area contributed by atoms with E-state index in [-0.39, 0.29) is 17.9 Å². The summed E-state index contributed by atoms with van der Waals surface area (Å²) >= 11 is 0. The Morgan fingerprint density at radius 1 is 1.21 bits per heavy atom. The van der Waals surface area contributed by atoms with Crippen LogP contribution >= 0.6 is 0 Å². The Balaban J connectivity index is 1.59. The van der Waals surface area contributed by atoms with Crippen LogP contribution in [0.25, 0.3) is 6.08 Å². The number of likely N-dealkylation sites (tertiary alicyclic amines) is 1. The van der Waals surface area contributed by atoms with Gasteiger partial charge < -0.3 is 20.5 Å². The molecule has 2 amide bonds. The summed E-state index contributed by atoms with van der Waals surface area (Å²) in [7, 11) is 1.60. The van der Waals surface area contributed by atoms with Gasteiger partial charge in [0.2, 0.25) is 11.8 Å². The highest BCUT2D eigenvalue weighted by molar-refractivity contribution is 6.02. The van der Waals surface area contributed by atoms with E-state index in [0.29, 0.717) is 30.3 Å². The van der Waals surface area contributed by atoms with E-state index in [1.54, 1.807) is 13.2 Å². The van der Waals surface area contributed by atoms with Crippen LogP contribution in [0.3, 0.4) is 0 Å². The average molecular weight is 452 g/mol. The Morgan fingerprint density at radius 2 is 2.06 bits per heavy atom. The van der Waals surface area contributed by atoms with Crippen molar-refractivity contribution < 1.29 is 19.1 Å². The molecule has 2 aromatic rings. The first kappa shape index (κ1) is 24.3. The van der Waals surface area contributed by atoms with Crippen LogP contribution in [0.2, 0.25) is 0 Å². The van der Waals surface area contributed by atoms with Gasteiger partial charge in [-0.05, 0) is 67.3 Å². The summed E-state index contributed by atoms with van der Waals surface area (Å²) in [4.78, 5) is 26.2. The molecule has 1 saturated heterocycles. The summed E-state index contributed by atoms with van der Waals surface area (Å²) in [6.07, 6.45) is 7.03. The molecule has 3 rings (SSSR count). The molecule has 2 aromatic carbocycles. The Kier molecular flexibility index (Phi) is 8.89. The Bertz CT molecular complexity index is 989. The first-order valence-corrected chi connectivity index (χ1v) is 11.4. The van der Waals surface area contributed by atoms with E-state index in [2.05, 4.69) is 17.1 Å². The van der Waals surface area contributed by atoms with Crippen LogP contribution in [0.4, 0.5) is 5.69 Å². The van der Waals surface area contributed by atoms with Gasteiger partial charge in [-0.1, -0.05) is 31.5 Å². The van der Waals surface area contributed by atoms with E-state index < -0.39 is 0 Å². The van der Waals surface area contributed by atoms with Crippen molar-refractivity contribution in [1.82, 2.24) is 4.90 Å². The maximum atomic E-state index is 12.5. The van der Waals surface area contributed by atoms with E-state index in [0.717, 1.165) is 43.4 Å². The van der Waals surface area contributed by atoms with Crippen LogP contribution in [0.1, 0.15) is 43.7 Å². The van der Waals surface area contributed by atoms with Crippen LogP contribution < -0.4 is 20.5 Å². The van der Waals surface area contributed by atoms with Crippen molar-refractivity contribution in [2.45, 2.75) is 45.2 Å². The summed E-state index contributed by atoms with van der Waals surface area (Å²) in [6.45, 7) is 4.23. The number of anilines is 1. The van der Waals surface area contributed by atoms with E-state index in [1.165, 1.54) is 6.08 Å². The van der Waals surface area contributed by atoms with E-state index >= 15 is 0 Å². The fraction of sp³-hybridized carbons (Fsp3) is 0.385. The average Bonchev–Trinajstić information content (AvgIpc) is 3.27. The van der Waals surface area contributed by atoms with Crippen LogP contribution in [-0.2, 0) is 16.1 Å². The quantitative estimate of drug-likeness (QED) is 0.398. The number of ether oxygens (including phenoxy) is 2. The van der Waals surface area contributed by atoms with E-state index in [1.807, 2.05) is 42.5 Å². The molecule has 0 bridgehead atoms. The number of carbonyl (C=O) groups excluding carboxylic acids is 2. The maximum Gasteiger partial charge on any atom is 0.248 e. The zero-order valence-electron chi connectivity index (χ0n) is 19.4. The zero-order valence-corrected chi connectivity index (χ0v) is 19.4. The summed E-state index contributed by atoms with van der Waals surface area (Å²) in [5, 5.41) is 2.89. The lowest BCUT2D eigenvalue weighted by atomic mass is 10.1. The zero-order chi connectivity index (χ0) is 23.6. The van der Waals surface area contributed by atoms with Crippen LogP contribution in [0.15, 0.2) is 48.5 Å². The number of methoxy groups -OCH3 is 1. The number of unbranched alkanes of at least 4 members (excludes halogenated alkanes) is 1. The van der Waals surface area contributed by atoms with Crippen molar-refractivity contribution in [3.8, 4) is 11.5 Å². The van der Waals surface area contributed by atoms with Gasteiger partial charge in [0, 0.05) is 18.3 Å². The molecule has 1 fully saturated rings. The molecule has 1 heterocycles. The molecular formula is C26H33N3O4. The Labute approximate surface area is 195 Å². The third-order valence-electron chi connectivity index (χ3n) is 5.64. The van der Waals surface area contributed by atoms with Gasteiger partial charge in [-0.15, -0.1) is 0 Å². The fourth-order valence-corrected chi connectivity index (χ4v) is 3.91. The molecule has 1 aliphatic rings. The third kappa shape index (κ3) is 7.08. The van der Waals surface area contributed by atoms with Crippen molar-refractivity contribution in [1.29, 1.82) is 0 Å².